The third-order valence-electron chi connectivity index (χ3n) is 2.42. The molecule has 0 aliphatic heterocycles. The molecule has 0 aliphatic rings. The highest BCUT2D eigenvalue weighted by Gasteiger charge is 2.15. The van der Waals surface area contributed by atoms with Gasteiger partial charge in [0.05, 0.1) is 4.90 Å². The first-order chi connectivity index (χ1) is 8.20. The summed E-state index contributed by atoms with van der Waals surface area (Å²) < 4.78 is 35.9. The highest BCUT2D eigenvalue weighted by Crippen LogP contribution is 2.21. The van der Waals surface area contributed by atoms with Gasteiger partial charge in [-0.2, -0.15) is 0 Å². The van der Waals surface area contributed by atoms with Gasteiger partial charge in [-0.25, -0.2) is 12.8 Å². The van der Waals surface area contributed by atoms with Gasteiger partial charge in [-0.3, -0.25) is 4.79 Å². The van der Waals surface area contributed by atoms with Crippen LogP contribution in [0.4, 0.5) is 4.39 Å². The zero-order valence-electron chi connectivity index (χ0n) is 9.76. The van der Waals surface area contributed by atoms with E-state index in [9.17, 15) is 17.6 Å². The molecule has 0 radical (unpaired) electrons. The Morgan fingerprint density at radius 2 is 2.06 bits per heavy atom. The van der Waals surface area contributed by atoms with Gasteiger partial charge in [-0.05, 0) is 30.2 Å². The van der Waals surface area contributed by atoms with Crippen molar-refractivity contribution in [2.45, 2.75) is 23.8 Å². The quantitative estimate of drug-likeness (QED) is 0.838. The summed E-state index contributed by atoms with van der Waals surface area (Å²) in [4.78, 5) is 10.2. The molecule has 7 heteroatoms. The second-order valence-corrected chi connectivity index (χ2v) is 6.05. The molecular formula is C11H14FNO4S. The van der Waals surface area contributed by atoms with Crippen molar-refractivity contribution < 1.29 is 22.7 Å². The van der Waals surface area contributed by atoms with Crippen LogP contribution < -0.4 is 5.73 Å². The van der Waals surface area contributed by atoms with Crippen molar-refractivity contribution in [3.63, 3.8) is 0 Å². The Balaban J connectivity index is 3.03. The Bertz CT molecular complexity index is 556. The average Bonchev–Trinajstić information content (AvgIpc) is 2.23. The van der Waals surface area contributed by atoms with E-state index in [4.69, 9.17) is 10.8 Å². The van der Waals surface area contributed by atoms with E-state index in [0.717, 1.165) is 18.4 Å². The Hall–Kier alpha value is -1.47. The molecule has 1 aromatic carbocycles. The molecule has 0 aromatic heterocycles. The highest BCUT2D eigenvalue weighted by atomic mass is 32.2. The summed E-state index contributed by atoms with van der Waals surface area (Å²) in [5, 5.41) is 8.52. The van der Waals surface area contributed by atoms with Gasteiger partial charge in [0.1, 0.15) is 5.82 Å². The SMILES string of the molecule is CS(=O)(=O)c1cc(F)cc(C(N)CCC(=O)O)c1. The van der Waals surface area contributed by atoms with Crippen molar-refractivity contribution in [3.05, 3.63) is 29.6 Å². The smallest absolute Gasteiger partial charge is 0.303 e. The number of nitrogens with two attached hydrogens (primary N) is 1. The van der Waals surface area contributed by atoms with Crippen LogP contribution in [0.3, 0.4) is 0 Å². The van der Waals surface area contributed by atoms with Crippen molar-refractivity contribution in [1.29, 1.82) is 0 Å². The Morgan fingerprint density at radius 1 is 1.44 bits per heavy atom. The van der Waals surface area contributed by atoms with Crippen LogP contribution in [-0.2, 0) is 14.6 Å². The number of rotatable bonds is 5. The number of benzene rings is 1. The number of carboxylic acid groups (broad SMARTS) is 1. The summed E-state index contributed by atoms with van der Waals surface area (Å²) in [6, 6.07) is 2.58. The summed E-state index contributed by atoms with van der Waals surface area (Å²) >= 11 is 0. The third kappa shape index (κ3) is 4.08. The monoisotopic (exact) mass is 275 g/mol. The van der Waals surface area contributed by atoms with Crippen LogP contribution in [0.25, 0.3) is 0 Å². The number of halogens is 1. The maximum Gasteiger partial charge on any atom is 0.303 e. The van der Waals surface area contributed by atoms with Crippen LogP contribution in [0.1, 0.15) is 24.4 Å². The lowest BCUT2D eigenvalue weighted by Crippen LogP contribution is -2.13. The number of aliphatic carboxylic acids is 1. The van der Waals surface area contributed by atoms with Crippen molar-refractivity contribution in [1.82, 2.24) is 0 Å². The molecule has 0 fully saturated rings. The lowest BCUT2D eigenvalue weighted by atomic mass is 10.0. The van der Waals surface area contributed by atoms with Crippen molar-refractivity contribution in [2.75, 3.05) is 6.26 Å². The topological polar surface area (TPSA) is 97.5 Å². The molecule has 0 amide bonds. The lowest BCUT2D eigenvalue weighted by molar-refractivity contribution is -0.137. The first-order valence-electron chi connectivity index (χ1n) is 5.18. The van der Waals surface area contributed by atoms with Gasteiger partial charge in [0, 0.05) is 18.7 Å². The Morgan fingerprint density at radius 3 is 2.56 bits per heavy atom. The molecule has 0 saturated heterocycles. The maximum atomic E-state index is 13.3. The van der Waals surface area contributed by atoms with E-state index in [1.54, 1.807) is 0 Å². The fraction of sp³-hybridized carbons (Fsp3) is 0.364. The Kier molecular flexibility index (Phi) is 4.42. The average molecular weight is 275 g/mol. The minimum absolute atomic E-state index is 0.113. The minimum Gasteiger partial charge on any atom is -0.481 e. The fourth-order valence-electron chi connectivity index (χ4n) is 1.46. The van der Waals surface area contributed by atoms with Gasteiger partial charge in [0.25, 0.3) is 0 Å². The second kappa shape index (κ2) is 5.45. The lowest BCUT2D eigenvalue weighted by Gasteiger charge is -2.12. The highest BCUT2D eigenvalue weighted by molar-refractivity contribution is 7.90. The van der Waals surface area contributed by atoms with Crippen molar-refractivity contribution >= 4 is 15.8 Å². The van der Waals surface area contributed by atoms with E-state index >= 15 is 0 Å². The van der Waals surface area contributed by atoms with Gasteiger partial charge in [-0.15, -0.1) is 0 Å². The number of sulfone groups is 1. The normalized spacial score (nSPS) is 13.3. The molecule has 3 N–H and O–H groups in total. The van der Waals surface area contributed by atoms with Crippen LogP contribution in [0.2, 0.25) is 0 Å². The van der Waals surface area contributed by atoms with Crippen molar-refractivity contribution in [3.8, 4) is 0 Å². The van der Waals surface area contributed by atoms with Crippen LogP contribution in [0.5, 0.6) is 0 Å². The summed E-state index contributed by atoms with van der Waals surface area (Å²) in [6.45, 7) is 0. The molecule has 0 heterocycles. The van der Waals surface area contributed by atoms with E-state index in [2.05, 4.69) is 0 Å². The van der Waals surface area contributed by atoms with Crippen LogP contribution in [0.15, 0.2) is 23.1 Å². The minimum atomic E-state index is -3.52. The standard InChI is InChI=1S/C11H14FNO4S/c1-18(16,17)9-5-7(4-8(12)6-9)10(13)2-3-11(14)15/h4-6,10H,2-3,13H2,1H3,(H,14,15). The van der Waals surface area contributed by atoms with Crippen LogP contribution in [-0.4, -0.2) is 25.7 Å². The van der Waals surface area contributed by atoms with Crippen molar-refractivity contribution in [2.24, 2.45) is 5.73 Å². The molecule has 1 rings (SSSR count). The molecule has 0 bridgehead atoms. The molecule has 18 heavy (non-hydrogen) atoms. The number of carboxylic acids is 1. The predicted octanol–water partition coefficient (Wildman–Crippen LogP) is 1.09. The van der Waals surface area contributed by atoms with Gasteiger partial charge in [0.2, 0.25) is 0 Å². The Labute approximate surface area is 104 Å². The summed E-state index contributed by atoms with van der Waals surface area (Å²) in [5.41, 5.74) is 5.97. The van der Waals surface area contributed by atoms with Gasteiger partial charge in [0.15, 0.2) is 9.84 Å². The molecular weight excluding hydrogens is 261 g/mol. The second-order valence-electron chi connectivity index (χ2n) is 4.03. The zero-order chi connectivity index (χ0) is 13.9. The van der Waals surface area contributed by atoms with E-state index in [1.165, 1.54) is 6.07 Å². The molecule has 0 aliphatic carbocycles. The van der Waals surface area contributed by atoms with Gasteiger partial charge in [-0.1, -0.05) is 0 Å². The predicted molar refractivity (Wildman–Crippen MR) is 63.3 cm³/mol. The maximum absolute atomic E-state index is 13.3. The molecule has 100 valence electrons. The summed E-state index contributed by atoms with van der Waals surface area (Å²) in [5.74, 6) is -1.72. The van der Waals surface area contributed by atoms with Crippen LogP contribution in [0, 0.1) is 5.82 Å². The third-order valence-corrected chi connectivity index (χ3v) is 3.51. The molecule has 1 unspecified atom stereocenters. The molecule has 5 nitrogen and oxygen atoms in total. The molecule has 1 atom stereocenters. The number of hydrogen-bond acceptors (Lipinski definition) is 4. The fourth-order valence-corrected chi connectivity index (χ4v) is 2.14. The first kappa shape index (κ1) is 14.6. The van der Waals surface area contributed by atoms with E-state index in [1.807, 2.05) is 0 Å². The summed E-state index contributed by atoms with van der Waals surface area (Å²) in [6.07, 6.45) is 0.919. The van der Waals surface area contributed by atoms with E-state index < -0.39 is 27.7 Å². The van der Waals surface area contributed by atoms with Gasteiger partial charge < -0.3 is 10.8 Å². The summed E-state index contributed by atoms with van der Waals surface area (Å²) in [7, 11) is -3.52. The van der Waals surface area contributed by atoms with Gasteiger partial charge >= 0.3 is 5.97 Å². The zero-order valence-corrected chi connectivity index (χ0v) is 10.6. The van der Waals surface area contributed by atoms with E-state index in [-0.39, 0.29) is 23.3 Å². The molecule has 0 saturated carbocycles. The number of carbonyl (C=O) groups is 1. The first-order valence-corrected chi connectivity index (χ1v) is 7.07. The largest absolute Gasteiger partial charge is 0.481 e. The molecule has 0 spiro atoms. The molecule has 1 aromatic rings. The van der Waals surface area contributed by atoms with E-state index in [0.29, 0.717) is 0 Å². The number of hydrogen-bond donors (Lipinski definition) is 2. The van der Waals surface area contributed by atoms with Crippen LogP contribution >= 0.6 is 0 Å².